The SMILES string of the molecule is CC(=O)NC1CCCN(C(=O)CN2CCCOC(C)(C)C2)C1. The summed E-state index contributed by atoms with van der Waals surface area (Å²) in [6.07, 6.45) is 2.87. The molecule has 1 unspecified atom stereocenters. The molecule has 0 aromatic heterocycles. The largest absolute Gasteiger partial charge is 0.374 e. The predicted octanol–water partition coefficient (Wildman–Crippen LogP) is 0.614. The Labute approximate surface area is 133 Å². The molecule has 2 aliphatic rings. The minimum atomic E-state index is -0.197. The molecule has 6 nitrogen and oxygen atoms in total. The molecular formula is C16H29N3O3. The number of hydrogen-bond acceptors (Lipinski definition) is 4. The summed E-state index contributed by atoms with van der Waals surface area (Å²) < 4.78 is 5.79. The van der Waals surface area contributed by atoms with Crippen molar-refractivity contribution in [2.75, 3.05) is 39.3 Å². The minimum Gasteiger partial charge on any atom is -0.374 e. The van der Waals surface area contributed by atoms with Gasteiger partial charge in [-0.3, -0.25) is 14.5 Å². The lowest BCUT2D eigenvalue weighted by Gasteiger charge is -2.35. The first-order valence-electron chi connectivity index (χ1n) is 8.27. The van der Waals surface area contributed by atoms with Gasteiger partial charge in [-0.2, -0.15) is 0 Å². The van der Waals surface area contributed by atoms with E-state index in [1.165, 1.54) is 6.92 Å². The summed E-state index contributed by atoms with van der Waals surface area (Å²) >= 11 is 0. The third-order valence-corrected chi connectivity index (χ3v) is 4.26. The van der Waals surface area contributed by atoms with Gasteiger partial charge in [0.05, 0.1) is 12.1 Å². The molecule has 2 saturated heterocycles. The summed E-state index contributed by atoms with van der Waals surface area (Å²) in [6.45, 7) is 9.98. The standard InChI is InChI=1S/C16H29N3O3/c1-13(20)17-14-6-4-8-19(10-14)15(21)11-18-7-5-9-22-16(2,3)12-18/h14H,4-12H2,1-3H3,(H,17,20). The van der Waals surface area contributed by atoms with Crippen molar-refractivity contribution in [2.45, 2.75) is 51.7 Å². The molecular weight excluding hydrogens is 282 g/mol. The zero-order valence-corrected chi connectivity index (χ0v) is 14.1. The first-order chi connectivity index (χ1) is 10.4. The van der Waals surface area contributed by atoms with Crippen LogP contribution in [0.1, 0.15) is 40.0 Å². The number of hydrogen-bond donors (Lipinski definition) is 1. The molecule has 0 radical (unpaired) electrons. The Kier molecular flexibility index (Phi) is 5.81. The second kappa shape index (κ2) is 7.42. The molecule has 2 amide bonds. The smallest absolute Gasteiger partial charge is 0.236 e. The summed E-state index contributed by atoms with van der Waals surface area (Å²) in [7, 11) is 0. The Balaban J connectivity index is 1.86. The van der Waals surface area contributed by atoms with Crippen molar-refractivity contribution in [1.29, 1.82) is 0 Å². The van der Waals surface area contributed by atoms with Crippen LogP contribution in [0.2, 0.25) is 0 Å². The van der Waals surface area contributed by atoms with E-state index < -0.39 is 0 Å². The second-order valence-corrected chi connectivity index (χ2v) is 7.05. The lowest BCUT2D eigenvalue weighted by atomic mass is 10.1. The maximum absolute atomic E-state index is 12.6. The Morgan fingerprint density at radius 1 is 1.27 bits per heavy atom. The highest BCUT2D eigenvalue weighted by molar-refractivity contribution is 5.78. The number of nitrogens with zero attached hydrogens (tertiary/aromatic N) is 2. The van der Waals surface area contributed by atoms with Crippen LogP contribution in [0.4, 0.5) is 0 Å². The second-order valence-electron chi connectivity index (χ2n) is 7.05. The van der Waals surface area contributed by atoms with Crippen molar-refractivity contribution < 1.29 is 14.3 Å². The van der Waals surface area contributed by atoms with Gasteiger partial charge in [0.2, 0.25) is 11.8 Å². The van der Waals surface area contributed by atoms with Crippen LogP contribution in [0.15, 0.2) is 0 Å². The van der Waals surface area contributed by atoms with E-state index in [0.717, 1.165) is 45.5 Å². The third-order valence-electron chi connectivity index (χ3n) is 4.26. The van der Waals surface area contributed by atoms with Crippen molar-refractivity contribution in [3.8, 4) is 0 Å². The van der Waals surface area contributed by atoms with Gasteiger partial charge in [0.1, 0.15) is 0 Å². The highest BCUT2D eigenvalue weighted by atomic mass is 16.5. The molecule has 2 heterocycles. The number of carbonyl (C=O) groups is 2. The van der Waals surface area contributed by atoms with Gasteiger partial charge in [-0.1, -0.05) is 0 Å². The topological polar surface area (TPSA) is 61.9 Å². The van der Waals surface area contributed by atoms with Gasteiger partial charge in [-0.25, -0.2) is 0 Å². The quantitative estimate of drug-likeness (QED) is 0.830. The fourth-order valence-electron chi connectivity index (χ4n) is 3.34. The summed E-state index contributed by atoms with van der Waals surface area (Å²) in [5, 5.41) is 2.93. The van der Waals surface area contributed by atoms with Gasteiger partial charge >= 0.3 is 0 Å². The Bertz CT molecular complexity index is 411. The van der Waals surface area contributed by atoms with Crippen LogP contribution < -0.4 is 5.32 Å². The lowest BCUT2D eigenvalue weighted by molar-refractivity contribution is -0.135. The number of nitrogens with one attached hydrogen (secondary N) is 1. The first kappa shape index (κ1) is 17.2. The molecule has 126 valence electrons. The highest BCUT2D eigenvalue weighted by Crippen LogP contribution is 2.17. The van der Waals surface area contributed by atoms with Gasteiger partial charge in [0.15, 0.2) is 0 Å². The average molecular weight is 311 g/mol. The molecule has 2 fully saturated rings. The van der Waals surface area contributed by atoms with Crippen LogP contribution in [0.3, 0.4) is 0 Å². The molecule has 2 rings (SSSR count). The molecule has 6 heteroatoms. The van der Waals surface area contributed by atoms with Crippen molar-refractivity contribution in [2.24, 2.45) is 0 Å². The first-order valence-corrected chi connectivity index (χ1v) is 8.27. The normalized spacial score (nSPS) is 26.3. The highest BCUT2D eigenvalue weighted by Gasteiger charge is 2.29. The average Bonchev–Trinajstić information content (AvgIpc) is 2.58. The fourth-order valence-corrected chi connectivity index (χ4v) is 3.34. The van der Waals surface area contributed by atoms with E-state index in [-0.39, 0.29) is 23.5 Å². The van der Waals surface area contributed by atoms with Crippen LogP contribution in [0.5, 0.6) is 0 Å². The van der Waals surface area contributed by atoms with Gasteiger partial charge in [0, 0.05) is 45.8 Å². The van der Waals surface area contributed by atoms with E-state index in [1.54, 1.807) is 0 Å². The summed E-state index contributed by atoms with van der Waals surface area (Å²) in [6, 6.07) is 0.0964. The van der Waals surface area contributed by atoms with Crippen molar-refractivity contribution in [3.63, 3.8) is 0 Å². The molecule has 2 aliphatic heterocycles. The van der Waals surface area contributed by atoms with E-state index in [0.29, 0.717) is 13.1 Å². The minimum absolute atomic E-state index is 0.0225. The number of piperidine rings is 1. The number of carbonyl (C=O) groups excluding carboxylic acids is 2. The van der Waals surface area contributed by atoms with Gasteiger partial charge in [-0.05, 0) is 33.1 Å². The molecule has 0 bridgehead atoms. The summed E-state index contributed by atoms with van der Waals surface area (Å²) in [4.78, 5) is 27.8. The van der Waals surface area contributed by atoms with Crippen LogP contribution in [-0.2, 0) is 14.3 Å². The monoisotopic (exact) mass is 311 g/mol. The van der Waals surface area contributed by atoms with E-state index in [9.17, 15) is 9.59 Å². The molecule has 1 N–H and O–H groups in total. The number of rotatable bonds is 3. The Morgan fingerprint density at radius 2 is 2.05 bits per heavy atom. The van der Waals surface area contributed by atoms with E-state index in [2.05, 4.69) is 24.1 Å². The molecule has 0 aromatic carbocycles. The molecule has 1 atom stereocenters. The maximum atomic E-state index is 12.6. The zero-order valence-electron chi connectivity index (χ0n) is 14.1. The molecule has 0 spiro atoms. The van der Waals surface area contributed by atoms with Crippen LogP contribution in [0, 0.1) is 0 Å². The number of amides is 2. The fraction of sp³-hybridized carbons (Fsp3) is 0.875. The van der Waals surface area contributed by atoms with Gasteiger partial charge in [0.25, 0.3) is 0 Å². The number of ether oxygens (including phenoxy) is 1. The lowest BCUT2D eigenvalue weighted by Crippen LogP contribution is -2.52. The molecule has 22 heavy (non-hydrogen) atoms. The van der Waals surface area contributed by atoms with E-state index in [1.807, 2.05) is 4.90 Å². The Morgan fingerprint density at radius 3 is 2.77 bits per heavy atom. The Hall–Kier alpha value is -1.14. The molecule has 0 aliphatic carbocycles. The van der Waals surface area contributed by atoms with Gasteiger partial charge in [-0.15, -0.1) is 0 Å². The van der Waals surface area contributed by atoms with Crippen LogP contribution in [0.25, 0.3) is 0 Å². The van der Waals surface area contributed by atoms with E-state index >= 15 is 0 Å². The summed E-state index contributed by atoms with van der Waals surface area (Å²) in [5.41, 5.74) is -0.197. The van der Waals surface area contributed by atoms with Gasteiger partial charge < -0.3 is 15.0 Å². The van der Waals surface area contributed by atoms with E-state index in [4.69, 9.17) is 4.74 Å². The zero-order chi connectivity index (χ0) is 16.2. The van der Waals surface area contributed by atoms with Crippen molar-refractivity contribution in [1.82, 2.24) is 15.1 Å². The van der Waals surface area contributed by atoms with Crippen LogP contribution >= 0.6 is 0 Å². The predicted molar refractivity (Wildman–Crippen MR) is 84.5 cm³/mol. The maximum Gasteiger partial charge on any atom is 0.236 e. The van der Waals surface area contributed by atoms with Crippen molar-refractivity contribution >= 4 is 11.8 Å². The van der Waals surface area contributed by atoms with Crippen molar-refractivity contribution in [3.05, 3.63) is 0 Å². The number of likely N-dealkylation sites (tertiary alicyclic amines) is 1. The summed E-state index contributed by atoms with van der Waals surface area (Å²) in [5.74, 6) is 0.137. The molecule has 0 aromatic rings. The third kappa shape index (κ3) is 5.25. The molecule has 0 saturated carbocycles. The van der Waals surface area contributed by atoms with Crippen LogP contribution in [-0.4, -0.2) is 72.6 Å².